The summed E-state index contributed by atoms with van der Waals surface area (Å²) < 4.78 is 41.0. The SMILES string of the molecule is CCCCCn1nc(C(C)(C)C)cc1CNC(=O)C(C)c1ccc(NS(C)(=O)=O)c(F)c1. The Balaban J connectivity index is 2.11. The molecule has 0 saturated carbocycles. The van der Waals surface area contributed by atoms with Gasteiger partial charge in [-0.2, -0.15) is 5.10 Å². The van der Waals surface area contributed by atoms with E-state index < -0.39 is 21.8 Å². The molecule has 0 aliphatic carbocycles. The summed E-state index contributed by atoms with van der Waals surface area (Å²) in [6.45, 7) is 11.3. The first-order chi connectivity index (χ1) is 14.8. The van der Waals surface area contributed by atoms with Gasteiger partial charge in [0.2, 0.25) is 15.9 Å². The van der Waals surface area contributed by atoms with E-state index >= 15 is 0 Å². The third-order valence-corrected chi connectivity index (χ3v) is 5.82. The van der Waals surface area contributed by atoms with Crippen molar-refractivity contribution in [2.24, 2.45) is 0 Å². The molecular weight excluding hydrogens is 431 g/mol. The Hall–Kier alpha value is -2.42. The van der Waals surface area contributed by atoms with Crippen LogP contribution in [0.5, 0.6) is 0 Å². The molecule has 0 aliphatic heterocycles. The van der Waals surface area contributed by atoms with E-state index in [-0.39, 0.29) is 17.0 Å². The van der Waals surface area contributed by atoms with Gasteiger partial charge in [-0.3, -0.25) is 14.2 Å². The fraction of sp³-hybridized carbons (Fsp3) is 0.565. The van der Waals surface area contributed by atoms with Crippen LogP contribution in [0.3, 0.4) is 0 Å². The number of hydrogen-bond donors (Lipinski definition) is 2. The van der Waals surface area contributed by atoms with Gasteiger partial charge in [-0.05, 0) is 37.1 Å². The fourth-order valence-electron chi connectivity index (χ4n) is 3.23. The first-order valence-corrected chi connectivity index (χ1v) is 12.8. The highest BCUT2D eigenvalue weighted by atomic mass is 32.2. The van der Waals surface area contributed by atoms with Gasteiger partial charge in [0.05, 0.1) is 35.8 Å². The summed E-state index contributed by atoms with van der Waals surface area (Å²) in [6.07, 6.45) is 4.20. The van der Waals surface area contributed by atoms with Crippen molar-refractivity contribution in [2.45, 2.75) is 78.3 Å². The molecule has 0 spiro atoms. The van der Waals surface area contributed by atoms with Gasteiger partial charge in [-0.1, -0.05) is 46.6 Å². The second kappa shape index (κ2) is 10.5. The normalized spacial score (nSPS) is 13.1. The molecule has 7 nitrogen and oxygen atoms in total. The van der Waals surface area contributed by atoms with E-state index in [2.05, 4.69) is 37.7 Å². The Morgan fingerprint density at radius 1 is 1.22 bits per heavy atom. The Labute approximate surface area is 190 Å². The number of hydrogen-bond acceptors (Lipinski definition) is 4. The van der Waals surface area contributed by atoms with E-state index in [1.807, 2.05) is 10.7 Å². The van der Waals surface area contributed by atoms with Crippen LogP contribution in [0.15, 0.2) is 24.3 Å². The van der Waals surface area contributed by atoms with E-state index in [0.717, 1.165) is 43.5 Å². The highest BCUT2D eigenvalue weighted by molar-refractivity contribution is 7.92. The number of halogens is 1. The summed E-state index contributed by atoms with van der Waals surface area (Å²) in [5, 5.41) is 7.68. The highest BCUT2D eigenvalue weighted by Crippen LogP contribution is 2.24. The molecule has 2 N–H and O–H groups in total. The number of anilines is 1. The number of nitrogens with zero attached hydrogens (tertiary/aromatic N) is 2. The molecule has 1 aromatic heterocycles. The zero-order valence-corrected chi connectivity index (χ0v) is 20.6. The third kappa shape index (κ3) is 7.32. The molecule has 1 unspecified atom stereocenters. The molecular formula is C23H35FN4O3S. The molecule has 1 aromatic carbocycles. The first kappa shape index (κ1) is 25.8. The largest absolute Gasteiger partial charge is 0.350 e. The molecule has 32 heavy (non-hydrogen) atoms. The average Bonchev–Trinajstić information content (AvgIpc) is 3.10. The molecule has 0 bridgehead atoms. The summed E-state index contributed by atoms with van der Waals surface area (Å²) in [4.78, 5) is 12.7. The topological polar surface area (TPSA) is 93.1 Å². The maximum Gasteiger partial charge on any atom is 0.229 e. The molecule has 178 valence electrons. The minimum absolute atomic E-state index is 0.0959. The fourth-order valence-corrected chi connectivity index (χ4v) is 3.80. The summed E-state index contributed by atoms with van der Waals surface area (Å²) in [6, 6.07) is 6.09. The van der Waals surface area contributed by atoms with Crippen LogP contribution in [0.2, 0.25) is 0 Å². The van der Waals surface area contributed by atoms with Crippen molar-refractivity contribution in [1.29, 1.82) is 0 Å². The number of aromatic nitrogens is 2. The number of amides is 1. The van der Waals surface area contributed by atoms with Crippen molar-refractivity contribution < 1.29 is 17.6 Å². The predicted octanol–water partition coefficient (Wildman–Crippen LogP) is 4.30. The van der Waals surface area contributed by atoms with E-state index in [0.29, 0.717) is 12.1 Å². The van der Waals surface area contributed by atoms with E-state index in [9.17, 15) is 17.6 Å². The van der Waals surface area contributed by atoms with E-state index in [1.54, 1.807) is 13.0 Å². The van der Waals surface area contributed by atoms with Crippen LogP contribution in [0, 0.1) is 5.82 Å². The van der Waals surface area contributed by atoms with Crippen molar-refractivity contribution in [3.63, 3.8) is 0 Å². The molecule has 0 saturated heterocycles. The molecule has 2 aromatic rings. The van der Waals surface area contributed by atoms with Crippen LogP contribution in [0.4, 0.5) is 10.1 Å². The van der Waals surface area contributed by atoms with Gasteiger partial charge in [0.1, 0.15) is 5.82 Å². The van der Waals surface area contributed by atoms with Gasteiger partial charge in [-0.25, -0.2) is 12.8 Å². The van der Waals surface area contributed by atoms with Crippen LogP contribution in [0.1, 0.15) is 76.8 Å². The van der Waals surface area contributed by atoms with Gasteiger partial charge < -0.3 is 5.32 Å². The van der Waals surface area contributed by atoms with Crippen LogP contribution in [-0.2, 0) is 33.3 Å². The van der Waals surface area contributed by atoms with Crippen LogP contribution >= 0.6 is 0 Å². The van der Waals surface area contributed by atoms with Gasteiger partial charge in [0, 0.05) is 12.0 Å². The Morgan fingerprint density at radius 2 is 1.91 bits per heavy atom. The lowest BCUT2D eigenvalue weighted by atomic mass is 9.92. The van der Waals surface area contributed by atoms with Gasteiger partial charge >= 0.3 is 0 Å². The van der Waals surface area contributed by atoms with Crippen molar-refractivity contribution in [1.82, 2.24) is 15.1 Å². The Morgan fingerprint density at radius 3 is 2.47 bits per heavy atom. The minimum Gasteiger partial charge on any atom is -0.350 e. The van der Waals surface area contributed by atoms with E-state index in [1.165, 1.54) is 12.1 Å². The summed E-state index contributed by atoms with van der Waals surface area (Å²) >= 11 is 0. The lowest BCUT2D eigenvalue weighted by Gasteiger charge is -2.15. The number of carbonyl (C=O) groups is 1. The molecule has 0 radical (unpaired) electrons. The third-order valence-electron chi connectivity index (χ3n) is 5.23. The second-order valence-electron chi connectivity index (χ2n) is 9.25. The van der Waals surface area contributed by atoms with Gasteiger partial charge in [-0.15, -0.1) is 0 Å². The summed E-state index contributed by atoms with van der Waals surface area (Å²) in [7, 11) is -3.59. The molecule has 1 atom stereocenters. The number of carbonyl (C=O) groups excluding carboxylic acids is 1. The van der Waals surface area contributed by atoms with Gasteiger partial charge in [0.15, 0.2) is 0 Å². The van der Waals surface area contributed by atoms with Crippen molar-refractivity contribution in [2.75, 3.05) is 11.0 Å². The van der Waals surface area contributed by atoms with Crippen molar-refractivity contribution >= 4 is 21.6 Å². The zero-order chi connectivity index (χ0) is 24.1. The summed E-state index contributed by atoms with van der Waals surface area (Å²) in [5.41, 5.74) is 2.13. The number of sulfonamides is 1. The smallest absolute Gasteiger partial charge is 0.229 e. The first-order valence-electron chi connectivity index (χ1n) is 10.9. The van der Waals surface area contributed by atoms with Crippen molar-refractivity contribution in [3.05, 3.63) is 47.0 Å². The highest BCUT2D eigenvalue weighted by Gasteiger charge is 2.21. The molecule has 0 fully saturated rings. The standard InChI is InChI=1S/C23H35FN4O3S/c1-7-8-9-12-28-18(14-21(26-28)23(3,4)5)15-25-22(29)16(2)17-10-11-20(19(24)13-17)27-32(6,30)31/h10-11,13-14,16,27H,7-9,12,15H2,1-6H3,(H,25,29). The number of rotatable bonds is 10. The predicted molar refractivity (Wildman–Crippen MR) is 126 cm³/mol. The number of unbranched alkanes of at least 4 members (excludes halogenated alkanes) is 2. The molecule has 1 amide bonds. The maximum absolute atomic E-state index is 14.3. The van der Waals surface area contributed by atoms with E-state index in [4.69, 9.17) is 5.10 Å². The number of aryl methyl sites for hydroxylation is 1. The average molecular weight is 467 g/mol. The Bertz CT molecular complexity index is 1040. The monoisotopic (exact) mass is 466 g/mol. The lowest BCUT2D eigenvalue weighted by Crippen LogP contribution is -2.28. The molecule has 1 heterocycles. The van der Waals surface area contributed by atoms with Crippen LogP contribution < -0.4 is 10.0 Å². The molecule has 9 heteroatoms. The number of benzene rings is 1. The van der Waals surface area contributed by atoms with Gasteiger partial charge in [0.25, 0.3) is 0 Å². The lowest BCUT2D eigenvalue weighted by molar-refractivity contribution is -0.122. The minimum atomic E-state index is -3.59. The zero-order valence-electron chi connectivity index (χ0n) is 19.8. The number of nitrogens with one attached hydrogen (secondary N) is 2. The Kier molecular flexibility index (Phi) is 8.45. The van der Waals surface area contributed by atoms with Crippen LogP contribution in [0.25, 0.3) is 0 Å². The van der Waals surface area contributed by atoms with Crippen molar-refractivity contribution in [3.8, 4) is 0 Å². The van der Waals surface area contributed by atoms with Crippen LogP contribution in [-0.4, -0.2) is 30.4 Å². The maximum atomic E-state index is 14.3. The molecule has 0 aliphatic rings. The molecule has 2 rings (SSSR count). The second-order valence-corrected chi connectivity index (χ2v) is 11.0. The quantitative estimate of drug-likeness (QED) is 0.511. The summed E-state index contributed by atoms with van der Waals surface area (Å²) in [5.74, 6) is -1.57.